The van der Waals surface area contributed by atoms with E-state index in [9.17, 15) is 5.11 Å². The van der Waals surface area contributed by atoms with Gasteiger partial charge in [0.1, 0.15) is 11.4 Å². The van der Waals surface area contributed by atoms with Crippen molar-refractivity contribution in [3.8, 4) is 5.75 Å². The van der Waals surface area contributed by atoms with E-state index in [1.54, 1.807) is 6.07 Å². The third kappa shape index (κ3) is 6.99. The van der Waals surface area contributed by atoms with Crippen LogP contribution in [0.1, 0.15) is 50.8 Å². The number of hydrogen-bond acceptors (Lipinski definition) is 3. The summed E-state index contributed by atoms with van der Waals surface area (Å²) < 4.78 is 6.05. The van der Waals surface area contributed by atoms with Gasteiger partial charge in [0.25, 0.3) is 0 Å². The molecule has 0 bridgehead atoms. The zero-order valence-corrected chi connectivity index (χ0v) is 16.7. The second-order valence-corrected chi connectivity index (χ2v) is 7.72. The molecule has 0 fully saturated rings. The highest BCUT2D eigenvalue weighted by atomic mass is 35.5. The second-order valence-electron chi connectivity index (χ2n) is 7.28. The molecular weight excluding hydrogens is 346 g/mol. The molecule has 2 aromatic carbocycles. The van der Waals surface area contributed by atoms with Gasteiger partial charge in [0.05, 0.1) is 6.10 Å². The molecule has 2 N–H and O–H groups in total. The standard InChI is InChI=1S/C22H30ClNO2/c1-4-13-22(2,3)26-20-10-8-17(9-11-20)12-14-24-16-21(25)18-6-5-7-19(23)15-18/h5-11,15,21,24-25H,4,12-14,16H2,1-3H3/t21-/m1/s1. The van der Waals surface area contributed by atoms with Crippen molar-refractivity contribution in [1.82, 2.24) is 5.32 Å². The van der Waals surface area contributed by atoms with Crippen molar-refractivity contribution in [2.45, 2.75) is 51.7 Å². The summed E-state index contributed by atoms with van der Waals surface area (Å²) in [4.78, 5) is 0. The molecule has 1 atom stereocenters. The van der Waals surface area contributed by atoms with Gasteiger partial charge in [-0.1, -0.05) is 49.2 Å². The van der Waals surface area contributed by atoms with Crippen LogP contribution < -0.4 is 10.1 Å². The fourth-order valence-corrected chi connectivity index (χ4v) is 3.20. The average Bonchev–Trinajstić information content (AvgIpc) is 2.59. The van der Waals surface area contributed by atoms with Crippen molar-refractivity contribution in [3.05, 3.63) is 64.7 Å². The molecule has 0 saturated heterocycles. The molecule has 2 rings (SSSR count). The van der Waals surface area contributed by atoms with Crippen molar-refractivity contribution in [2.75, 3.05) is 13.1 Å². The van der Waals surface area contributed by atoms with E-state index in [2.05, 4.69) is 38.2 Å². The Kier molecular flexibility index (Phi) is 7.95. The molecule has 0 heterocycles. The molecule has 0 radical (unpaired) electrons. The first-order chi connectivity index (χ1) is 12.4. The lowest BCUT2D eigenvalue weighted by Crippen LogP contribution is -2.27. The van der Waals surface area contributed by atoms with Crippen LogP contribution in [0, 0.1) is 0 Å². The largest absolute Gasteiger partial charge is 0.488 e. The Balaban J connectivity index is 1.74. The monoisotopic (exact) mass is 375 g/mol. The van der Waals surface area contributed by atoms with Crippen LogP contribution in [0.3, 0.4) is 0 Å². The molecular formula is C22H30ClNO2. The fraction of sp³-hybridized carbons (Fsp3) is 0.455. The summed E-state index contributed by atoms with van der Waals surface area (Å²) in [6.45, 7) is 7.73. The molecule has 26 heavy (non-hydrogen) atoms. The SMILES string of the molecule is CCCC(C)(C)Oc1ccc(CCNC[C@@H](O)c2cccc(Cl)c2)cc1. The molecule has 0 aliphatic carbocycles. The lowest BCUT2D eigenvalue weighted by Gasteiger charge is -2.26. The third-order valence-corrected chi connectivity index (χ3v) is 4.57. The predicted molar refractivity (Wildman–Crippen MR) is 109 cm³/mol. The van der Waals surface area contributed by atoms with Gasteiger partial charge in [0, 0.05) is 11.6 Å². The maximum absolute atomic E-state index is 10.2. The van der Waals surface area contributed by atoms with E-state index < -0.39 is 6.10 Å². The summed E-state index contributed by atoms with van der Waals surface area (Å²) in [6, 6.07) is 15.6. The molecule has 0 unspecified atom stereocenters. The van der Waals surface area contributed by atoms with E-state index in [1.165, 1.54) is 5.56 Å². The molecule has 0 spiro atoms. The minimum absolute atomic E-state index is 0.131. The third-order valence-electron chi connectivity index (χ3n) is 4.33. The molecule has 3 nitrogen and oxygen atoms in total. The number of aliphatic hydroxyl groups is 1. The number of rotatable bonds is 10. The zero-order valence-electron chi connectivity index (χ0n) is 16.0. The molecule has 0 aliphatic rings. The van der Waals surface area contributed by atoms with Gasteiger partial charge in [-0.25, -0.2) is 0 Å². The Hall–Kier alpha value is -1.55. The Labute approximate surface area is 162 Å². The van der Waals surface area contributed by atoms with Gasteiger partial charge in [-0.15, -0.1) is 0 Å². The summed E-state index contributed by atoms with van der Waals surface area (Å²) in [6.07, 6.45) is 2.50. The van der Waals surface area contributed by atoms with Crippen molar-refractivity contribution in [1.29, 1.82) is 0 Å². The smallest absolute Gasteiger partial charge is 0.120 e. The van der Waals surface area contributed by atoms with Crippen LogP contribution in [0.5, 0.6) is 5.75 Å². The fourth-order valence-electron chi connectivity index (χ4n) is 3.00. The molecule has 4 heteroatoms. The minimum Gasteiger partial charge on any atom is -0.488 e. The minimum atomic E-state index is -0.551. The predicted octanol–water partition coefficient (Wildman–Crippen LogP) is 5.16. The maximum atomic E-state index is 10.2. The molecule has 0 aromatic heterocycles. The molecule has 0 amide bonds. The molecule has 0 saturated carbocycles. The van der Waals surface area contributed by atoms with Gasteiger partial charge >= 0.3 is 0 Å². The molecule has 142 valence electrons. The van der Waals surface area contributed by atoms with Crippen LogP contribution >= 0.6 is 11.6 Å². The first-order valence-electron chi connectivity index (χ1n) is 9.32. The van der Waals surface area contributed by atoms with E-state index >= 15 is 0 Å². The maximum Gasteiger partial charge on any atom is 0.120 e. The number of aliphatic hydroxyl groups excluding tert-OH is 1. The van der Waals surface area contributed by atoms with Gasteiger partial charge in [-0.3, -0.25) is 0 Å². The Morgan fingerprint density at radius 2 is 1.88 bits per heavy atom. The van der Waals surface area contributed by atoms with Crippen LogP contribution in [0.15, 0.2) is 48.5 Å². The first kappa shape index (κ1) is 20.8. The highest BCUT2D eigenvalue weighted by Crippen LogP contribution is 2.22. The quantitative estimate of drug-likeness (QED) is 0.563. The number of benzene rings is 2. The highest BCUT2D eigenvalue weighted by Gasteiger charge is 2.18. The molecule has 0 aliphatic heterocycles. The normalized spacial score (nSPS) is 12.8. The van der Waals surface area contributed by atoms with E-state index in [0.29, 0.717) is 11.6 Å². The van der Waals surface area contributed by atoms with E-state index in [4.69, 9.17) is 16.3 Å². The summed E-state index contributed by atoms with van der Waals surface area (Å²) in [5.74, 6) is 0.913. The van der Waals surface area contributed by atoms with E-state index in [-0.39, 0.29) is 5.60 Å². The molecule has 2 aromatic rings. The van der Waals surface area contributed by atoms with Crippen molar-refractivity contribution in [3.63, 3.8) is 0 Å². The van der Waals surface area contributed by atoms with Gasteiger partial charge < -0.3 is 15.2 Å². The Bertz CT molecular complexity index is 670. The van der Waals surface area contributed by atoms with Crippen LogP contribution in [0.4, 0.5) is 0 Å². The Morgan fingerprint density at radius 1 is 1.15 bits per heavy atom. The first-order valence-corrected chi connectivity index (χ1v) is 9.69. The summed E-state index contributed by atoms with van der Waals surface area (Å²) in [5.41, 5.74) is 1.95. The highest BCUT2D eigenvalue weighted by molar-refractivity contribution is 6.30. The summed E-state index contributed by atoms with van der Waals surface area (Å²) in [7, 11) is 0. The van der Waals surface area contributed by atoms with Crippen molar-refractivity contribution < 1.29 is 9.84 Å². The van der Waals surface area contributed by atoms with Gasteiger partial charge in [-0.05, 0) is 68.6 Å². The average molecular weight is 376 g/mol. The van der Waals surface area contributed by atoms with E-state index in [1.807, 2.05) is 30.3 Å². The summed E-state index contributed by atoms with van der Waals surface area (Å²) in [5, 5.41) is 14.1. The lowest BCUT2D eigenvalue weighted by atomic mass is 10.0. The number of ether oxygens (including phenoxy) is 1. The van der Waals surface area contributed by atoms with Crippen LogP contribution in [-0.4, -0.2) is 23.8 Å². The zero-order chi connectivity index (χ0) is 19.0. The van der Waals surface area contributed by atoms with Gasteiger partial charge in [-0.2, -0.15) is 0 Å². The van der Waals surface area contributed by atoms with Gasteiger partial charge in [0.15, 0.2) is 0 Å². The number of halogens is 1. The van der Waals surface area contributed by atoms with Crippen molar-refractivity contribution in [2.24, 2.45) is 0 Å². The number of hydrogen-bond donors (Lipinski definition) is 2. The van der Waals surface area contributed by atoms with Gasteiger partial charge in [0.2, 0.25) is 0 Å². The summed E-state index contributed by atoms with van der Waals surface area (Å²) >= 11 is 5.96. The Morgan fingerprint density at radius 3 is 2.54 bits per heavy atom. The van der Waals surface area contributed by atoms with Crippen LogP contribution in [0.2, 0.25) is 5.02 Å². The van der Waals surface area contributed by atoms with Crippen LogP contribution in [-0.2, 0) is 6.42 Å². The van der Waals surface area contributed by atoms with Crippen molar-refractivity contribution >= 4 is 11.6 Å². The number of nitrogens with one attached hydrogen (secondary N) is 1. The lowest BCUT2D eigenvalue weighted by molar-refractivity contribution is 0.0986. The second kappa shape index (κ2) is 9.96. The van der Waals surface area contributed by atoms with E-state index in [0.717, 1.165) is 37.1 Å². The van der Waals surface area contributed by atoms with Crippen LogP contribution in [0.25, 0.3) is 0 Å². The topological polar surface area (TPSA) is 41.5 Å².